The summed E-state index contributed by atoms with van der Waals surface area (Å²) < 4.78 is 65.1. The first-order chi connectivity index (χ1) is 23.0. The zero-order chi connectivity index (χ0) is 34.7. The van der Waals surface area contributed by atoms with Gasteiger partial charge in [-0.1, -0.05) is 25.5 Å². The number of halogens is 2. The maximum atomic E-state index is 14.7. The molecule has 1 saturated heterocycles. The Hall–Kier alpha value is -4.27. The molecule has 0 aromatic heterocycles. The molecule has 0 aliphatic carbocycles. The Morgan fingerprint density at radius 2 is 1.62 bits per heavy atom. The first-order valence-corrected chi connectivity index (χ1v) is 17.8. The molecule has 11 nitrogen and oxygen atoms in total. The van der Waals surface area contributed by atoms with Crippen LogP contribution in [0.4, 0.5) is 25.0 Å². The van der Waals surface area contributed by atoms with Crippen LogP contribution >= 0.6 is 0 Å². The van der Waals surface area contributed by atoms with Crippen molar-refractivity contribution in [2.24, 2.45) is 0 Å². The molecule has 48 heavy (non-hydrogen) atoms. The molecule has 0 radical (unpaired) electrons. The number of carbonyl (C=O) groups is 2. The third kappa shape index (κ3) is 10.9. The van der Waals surface area contributed by atoms with Gasteiger partial charge in [-0.05, 0) is 67.3 Å². The minimum Gasteiger partial charge on any atom is -0.457 e. The zero-order valence-corrected chi connectivity index (χ0v) is 28.2. The summed E-state index contributed by atoms with van der Waals surface area (Å²) in [7, 11) is -1.89. The van der Waals surface area contributed by atoms with Crippen LogP contribution in [0.1, 0.15) is 48.5 Å². The summed E-state index contributed by atoms with van der Waals surface area (Å²) >= 11 is 0. The van der Waals surface area contributed by atoms with E-state index in [0.717, 1.165) is 63.2 Å². The van der Waals surface area contributed by atoms with Crippen LogP contribution in [0.2, 0.25) is 0 Å². The van der Waals surface area contributed by atoms with Crippen LogP contribution in [-0.2, 0) is 21.3 Å². The number of methoxy groups -OCH3 is 1. The highest BCUT2D eigenvalue weighted by Gasteiger charge is 2.29. The molecule has 4 rings (SSSR count). The van der Waals surface area contributed by atoms with Gasteiger partial charge in [-0.2, -0.15) is 0 Å². The van der Waals surface area contributed by atoms with Crippen LogP contribution in [-0.4, -0.2) is 82.3 Å². The monoisotopic (exact) mass is 687 g/mol. The maximum Gasteiger partial charge on any atom is 0.322 e. The molecule has 1 aliphatic rings. The summed E-state index contributed by atoms with van der Waals surface area (Å²) in [5, 5.41) is 5.09. The molecule has 1 heterocycles. The van der Waals surface area contributed by atoms with Gasteiger partial charge in [-0.25, -0.2) is 22.0 Å². The van der Waals surface area contributed by atoms with E-state index in [1.54, 1.807) is 29.2 Å². The van der Waals surface area contributed by atoms with Gasteiger partial charge in [0.15, 0.2) is 0 Å². The molecular weight excluding hydrogens is 644 g/mol. The fourth-order valence-electron chi connectivity index (χ4n) is 5.40. The van der Waals surface area contributed by atoms with Crippen LogP contribution in [0, 0.1) is 11.6 Å². The van der Waals surface area contributed by atoms with Crippen LogP contribution < -0.4 is 20.1 Å². The Balaban J connectivity index is 1.32. The molecule has 14 heteroatoms. The number of urea groups is 1. The lowest BCUT2D eigenvalue weighted by molar-refractivity contribution is 0.0933. The van der Waals surface area contributed by atoms with Crippen molar-refractivity contribution in [3.8, 4) is 11.5 Å². The molecule has 0 saturated carbocycles. The minimum atomic E-state index is -3.35. The van der Waals surface area contributed by atoms with E-state index >= 15 is 0 Å². The quantitative estimate of drug-likeness (QED) is 0.172. The summed E-state index contributed by atoms with van der Waals surface area (Å²) in [6.45, 7) is 5.12. The van der Waals surface area contributed by atoms with Gasteiger partial charge >= 0.3 is 6.03 Å². The molecule has 3 aromatic rings. The number of nitrogens with zero attached hydrogens (tertiary/aromatic N) is 2. The first-order valence-electron chi connectivity index (χ1n) is 15.9. The molecular formula is C34H43F2N5O6S. The standard InChI is InChI=1S/C34H43F2N5O6S/c1-4-5-17-41(34(43)38-32-21-29(30(35)22-31(32)36)33(42)37-16-20-46-2)26-14-18-40(19-15-26)23-24-6-10-27(11-7-24)47-28-12-8-25(9-13-28)39-48(3,44)45/h6-13,21-22,26,39H,4-5,14-20,23H2,1-3H3,(H,37,42)(H,38,43). The molecule has 0 spiro atoms. The zero-order valence-electron chi connectivity index (χ0n) is 27.4. The topological polar surface area (TPSA) is 129 Å². The van der Waals surface area contributed by atoms with E-state index in [-0.39, 0.29) is 30.4 Å². The summed E-state index contributed by atoms with van der Waals surface area (Å²) in [6, 6.07) is 15.4. The van der Waals surface area contributed by atoms with Gasteiger partial charge in [-0.15, -0.1) is 0 Å². The number of rotatable bonds is 15. The highest BCUT2D eigenvalue weighted by atomic mass is 32.2. The molecule has 1 fully saturated rings. The lowest BCUT2D eigenvalue weighted by Gasteiger charge is -2.38. The number of hydrogen-bond donors (Lipinski definition) is 3. The van der Waals surface area contributed by atoms with E-state index in [1.807, 2.05) is 31.2 Å². The highest BCUT2D eigenvalue weighted by molar-refractivity contribution is 7.92. The number of likely N-dealkylation sites (tertiary alicyclic amines) is 1. The van der Waals surface area contributed by atoms with Crippen molar-refractivity contribution < 1.29 is 36.3 Å². The van der Waals surface area contributed by atoms with Crippen molar-refractivity contribution in [1.29, 1.82) is 0 Å². The van der Waals surface area contributed by atoms with Crippen molar-refractivity contribution in [3.63, 3.8) is 0 Å². The minimum absolute atomic E-state index is 0.0667. The normalized spacial score (nSPS) is 13.9. The average molecular weight is 688 g/mol. The molecule has 0 unspecified atom stereocenters. The number of carbonyl (C=O) groups excluding carboxylic acids is 2. The lowest BCUT2D eigenvalue weighted by atomic mass is 10.0. The summed E-state index contributed by atoms with van der Waals surface area (Å²) in [5.74, 6) is -1.49. The fraction of sp³-hybridized carbons (Fsp3) is 0.412. The number of sulfonamides is 1. The number of hydrogen-bond acceptors (Lipinski definition) is 7. The van der Waals surface area contributed by atoms with Gasteiger partial charge in [0, 0.05) is 57.6 Å². The van der Waals surface area contributed by atoms with E-state index in [4.69, 9.17) is 9.47 Å². The van der Waals surface area contributed by atoms with Gasteiger partial charge < -0.3 is 25.0 Å². The van der Waals surface area contributed by atoms with E-state index < -0.39 is 33.6 Å². The largest absolute Gasteiger partial charge is 0.457 e. The van der Waals surface area contributed by atoms with Gasteiger partial charge in [0.1, 0.15) is 23.1 Å². The number of piperidine rings is 1. The van der Waals surface area contributed by atoms with Crippen LogP contribution in [0.25, 0.3) is 0 Å². The van der Waals surface area contributed by atoms with Gasteiger partial charge in [0.25, 0.3) is 5.91 Å². The Morgan fingerprint density at radius 3 is 2.23 bits per heavy atom. The number of anilines is 2. The number of amides is 3. The van der Waals surface area contributed by atoms with Gasteiger partial charge in [-0.3, -0.25) is 14.4 Å². The van der Waals surface area contributed by atoms with Crippen molar-refractivity contribution in [1.82, 2.24) is 15.1 Å². The average Bonchev–Trinajstić information content (AvgIpc) is 3.04. The molecule has 3 N–H and O–H groups in total. The van der Waals surface area contributed by atoms with E-state index in [9.17, 15) is 26.8 Å². The third-order valence-corrected chi connectivity index (χ3v) is 8.48. The predicted octanol–water partition coefficient (Wildman–Crippen LogP) is 5.80. The number of nitrogens with one attached hydrogen (secondary N) is 3. The Morgan fingerprint density at radius 1 is 0.979 bits per heavy atom. The Kier molecular flexibility index (Phi) is 13.1. The predicted molar refractivity (Wildman–Crippen MR) is 181 cm³/mol. The number of benzene rings is 3. The van der Waals surface area contributed by atoms with Gasteiger partial charge in [0.2, 0.25) is 10.0 Å². The molecule has 3 amide bonds. The molecule has 1 aliphatic heterocycles. The van der Waals surface area contributed by atoms with Crippen LogP contribution in [0.5, 0.6) is 11.5 Å². The van der Waals surface area contributed by atoms with E-state index in [0.29, 0.717) is 29.8 Å². The molecule has 0 bridgehead atoms. The number of ether oxygens (including phenoxy) is 2. The maximum absolute atomic E-state index is 14.7. The summed E-state index contributed by atoms with van der Waals surface area (Å²) in [4.78, 5) is 29.9. The molecule has 3 aromatic carbocycles. The van der Waals surface area contributed by atoms with Crippen LogP contribution in [0.15, 0.2) is 60.7 Å². The van der Waals surface area contributed by atoms with E-state index in [2.05, 4.69) is 20.3 Å². The number of unbranched alkanes of at least 4 members (excludes halogenated alkanes) is 1. The van der Waals surface area contributed by atoms with Crippen molar-refractivity contribution in [3.05, 3.63) is 83.4 Å². The fourth-order valence-corrected chi connectivity index (χ4v) is 5.96. The third-order valence-electron chi connectivity index (χ3n) is 7.87. The van der Waals surface area contributed by atoms with Crippen molar-refractivity contribution >= 4 is 33.3 Å². The van der Waals surface area contributed by atoms with Crippen molar-refractivity contribution in [2.75, 3.05) is 56.2 Å². The second-order valence-corrected chi connectivity index (χ2v) is 13.4. The smallest absolute Gasteiger partial charge is 0.322 e. The van der Waals surface area contributed by atoms with E-state index in [1.165, 1.54) is 7.11 Å². The first kappa shape index (κ1) is 36.6. The van der Waals surface area contributed by atoms with Crippen LogP contribution in [0.3, 0.4) is 0 Å². The molecule has 0 atom stereocenters. The van der Waals surface area contributed by atoms with Gasteiger partial charge in [0.05, 0.1) is 24.1 Å². The second kappa shape index (κ2) is 17.2. The Bertz CT molecular complexity index is 1630. The summed E-state index contributed by atoms with van der Waals surface area (Å²) in [6.07, 6.45) is 4.17. The second-order valence-electron chi connectivity index (χ2n) is 11.7. The van der Waals surface area contributed by atoms with Crippen molar-refractivity contribution in [2.45, 2.75) is 45.2 Å². The Labute approximate surface area is 280 Å². The molecule has 260 valence electrons. The SMILES string of the molecule is CCCCN(C(=O)Nc1cc(C(=O)NCCOC)c(F)cc1F)C1CCN(Cc2ccc(Oc3ccc(NS(C)(=O)=O)cc3)cc2)CC1. The summed E-state index contributed by atoms with van der Waals surface area (Å²) in [5.41, 5.74) is 0.927. The highest BCUT2D eigenvalue weighted by Crippen LogP contribution is 2.26. The lowest BCUT2D eigenvalue weighted by Crippen LogP contribution is -2.49.